The van der Waals surface area contributed by atoms with Crippen LogP contribution in [0.5, 0.6) is 5.75 Å². The Labute approximate surface area is 146 Å². The summed E-state index contributed by atoms with van der Waals surface area (Å²) in [6.07, 6.45) is 1.01. The molecule has 0 radical (unpaired) electrons. The van der Waals surface area contributed by atoms with Crippen LogP contribution in [0.4, 0.5) is 0 Å². The summed E-state index contributed by atoms with van der Waals surface area (Å²) in [5.41, 5.74) is 12.5. The van der Waals surface area contributed by atoms with Gasteiger partial charge in [0.25, 0.3) is 0 Å². The lowest BCUT2D eigenvalue weighted by Gasteiger charge is -2.25. The Morgan fingerprint density at radius 2 is 1.71 bits per heavy atom. The first kappa shape index (κ1) is 18.5. The highest BCUT2D eigenvalue weighted by atomic mass is 16.5. The number of benzene rings is 2. The van der Waals surface area contributed by atoms with E-state index in [4.69, 9.17) is 10.5 Å². The maximum Gasteiger partial charge on any atom is 0.119 e. The lowest BCUT2D eigenvalue weighted by Crippen LogP contribution is -2.26. The van der Waals surface area contributed by atoms with E-state index in [0.717, 1.165) is 38.3 Å². The first-order valence-electron chi connectivity index (χ1n) is 8.65. The van der Waals surface area contributed by atoms with Gasteiger partial charge in [0.1, 0.15) is 5.75 Å². The van der Waals surface area contributed by atoms with Gasteiger partial charge in [-0.05, 0) is 68.1 Å². The van der Waals surface area contributed by atoms with Crippen molar-refractivity contribution in [2.45, 2.75) is 40.3 Å². The molecule has 0 saturated carbocycles. The van der Waals surface area contributed by atoms with Crippen molar-refractivity contribution in [2.24, 2.45) is 5.73 Å². The molecular weight excluding hydrogens is 296 g/mol. The third kappa shape index (κ3) is 5.08. The molecule has 0 aliphatic rings. The van der Waals surface area contributed by atoms with Gasteiger partial charge in [0.05, 0.1) is 7.11 Å². The molecule has 3 heteroatoms. The van der Waals surface area contributed by atoms with Crippen LogP contribution in [0.2, 0.25) is 0 Å². The molecule has 0 amide bonds. The summed E-state index contributed by atoms with van der Waals surface area (Å²) in [5, 5.41) is 0. The molecule has 130 valence electrons. The molecule has 0 unspecified atom stereocenters. The van der Waals surface area contributed by atoms with Gasteiger partial charge in [-0.3, -0.25) is 4.90 Å². The van der Waals surface area contributed by atoms with Crippen LogP contribution in [0.25, 0.3) is 0 Å². The average Bonchev–Trinajstić information content (AvgIpc) is 2.55. The van der Waals surface area contributed by atoms with Gasteiger partial charge in [-0.1, -0.05) is 29.8 Å². The molecule has 0 heterocycles. The lowest BCUT2D eigenvalue weighted by atomic mass is 9.99. The van der Waals surface area contributed by atoms with E-state index < -0.39 is 0 Å². The minimum atomic E-state index is 0.723. The zero-order chi connectivity index (χ0) is 17.5. The third-order valence-electron chi connectivity index (χ3n) is 4.44. The number of hydrogen-bond donors (Lipinski definition) is 1. The van der Waals surface area contributed by atoms with Crippen LogP contribution < -0.4 is 10.5 Å². The van der Waals surface area contributed by atoms with E-state index in [1.165, 1.54) is 27.8 Å². The molecule has 0 aromatic heterocycles. The van der Waals surface area contributed by atoms with Crippen LogP contribution in [-0.4, -0.2) is 25.1 Å². The van der Waals surface area contributed by atoms with Gasteiger partial charge in [0, 0.05) is 19.6 Å². The monoisotopic (exact) mass is 326 g/mol. The average molecular weight is 326 g/mol. The predicted molar refractivity (Wildman–Crippen MR) is 101 cm³/mol. The van der Waals surface area contributed by atoms with E-state index in [1.54, 1.807) is 7.11 Å². The van der Waals surface area contributed by atoms with Crippen LogP contribution in [0.15, 0.2) is 36.4 Å². The smallest absolute Gasteiger partial charge is 0.119 e. The van der Waals surface area contributed by atoms with Crippen molar-refractivity contribution in [3.05, 3.63) is 64.2 Å². The Hall–Kier alpha value is -1.84. The normalized spacial score (nSPS) is 11.1. The summed E-state index contributed by atoms with van der Waals surface area (Å²) in [6, 6.07) is 12.9. The van der Waals surface area contributed by atoms with Crippen molar-refractivity contribution in [1.82, 2.24) is 4.90 Å². The predicted octanol–water partition coefficient (Wildman–Crippen LogP) is 3.97. The molecule has 2 aromatic carbocycles. The van der Waals surface area contributed by atoms with Crippen LogP contribution in [-0.2, 0) is 13.1 Å². The van der Waals surface area contributed by atoms with Crippen molar-refractivity contribution >= 4 is 0 Å². The van der Waals surface area contributed by atoms with Gasteiger partial charge in [0.15, 0.2) is 0 Å². The zero-order valence-corrected chi connectivity index (χ0v) is 15.4. The Bertz CT molecular complexity index is 644. The zero-order valence-electron chi connectivity index (χ0n) is 15.4. The summed E-state index contributed by atoms with van der Waals surface area (Å²) in [7, 11) is 1.71. The fourth-order valence-corrected chi connectivity index (χ4v) is 3.24. The number of aryl methyl sites for hydroxylation is 3. The fourth-order valence-electron chi connectivity index (χ4n) is 3.24. The van der Waals surface area contributed by atoms with Crippen molar-refractivity contribution in [2.75, 3.05) is 20.2 Å². The molecular formula is C21H30N2O. The van der Waals surface area contributed by atoms with E-state index in [-0.39, 0.29) is 0 Å². The molecule has 0 fully saturated rings. The summed E-state index contributed by atoms with van der Waals surface area (Å²) in [5.74, 6) is 0.911. The second kappa shape index (κ2) is 8.86. The van der Waals surface area contributed by atoms with E-state index >= 15 is 0 Å². The largest absolute Gasteiger partial charge is 0.497 e. The highest BCUT2D eigenvalue weighted by Gasteiger charge is 2.11. The van der Waals surface area contributed by atoms with Crippen molar-refractivity contribution in [3.63, 3.8) is 0 Å². The highest BCUT2D eigenvalue weighted by molar-refractivity contribution is 5.37. The van der Waals surface area contributed by atoms with E-state index in [1.807, 2.05) is 6.07 Å². The molecule has 0 spiro atoms. The highest BCUT2D eigenvalue weighted by Crippen LogP contribution is 2.21. The van der Waals surface area contributed by atoms with Crippen LogP contribution in [0.3, 0.4) is 0 Å². The summed E-state index contributed by atoms with van der Waals surface area (Å²) in [4.78, 5) is 2.48. The van der Waals surface area contributed by atoms with Gasteiger partial charge in [0.2, 0.25) is 0 Å². The maximum atomic E-state index is 5.74. The minimum absolute atomic E-state index is 0.723. The summed E-state index contributed by atoms with van der Waals surface area (Å²) < 4.78 is 5.35. The quantitative estimate of drug-likeness (QED) is 0.797. The second-order valence-electron chi connectivity index (χ2n) is 6.58. The Kier molecular flexibility index (Phi) is 6.83. The Balaban J connectivity index is 2.19. The van der Waals surface area contributed by atoms with Crippen LogP contribution in [0.1, 0.15) is 34.2 Å². The second-order valence-corrected chi connectivity index (χ2v) is 6.58. The number of methoxy groups -OCH3 is 1. The van der Waals surface area contributed by atoms with Crippen molar-refractivity contribution < 1.29 is 4.74 Å². The van der Waals surface area contributed by atoms with Gasteiger partial charge in [-0.25, -0.2) is 0 Å². The molecule has 2 rings (SSSR count). The number of rotatable bonds is 8. The molecule has 2 aromatic rings. The number of hydrogen-bond acceptors (Lipinski definition) is 3. The molecule has 2 N–H and O–H groups in total. The van der Waals surface area contributed by atoms with Crippen LogP contribution >= 0.6 is 0 Å². The van der Waals surface area contributed by atoms with Crippen molar-refractivity contribution in [3.8, 4) is 5.75 Å². The summed E-state index contributed by atoms with van der Waals surface area (Å²) in [6.45, 7) is 10.2. The molecule has 0 aliphatic heterocycles. The molecule has 0 saturated heterocycles. The molecule has 0 aliphatic carbocycles. The molecule has 0 bridgehead atoms. The van der Waals surface area contributed by atoms with Gasteiger partial charge >= 0.3 is 0 Å². The van der Waals surface area contributed by atoms with Gasteiger partial charge in [-0.15, -0.1) is 0 Å². The maximum absolute atomic E-state index is 5.74. The van der Waals surface area contributed by atoms with E-state index in [0.29, 0.717) is 0 Å². The van der Waals surface area contributed by atoms with Gasteiger partial charge < -0.3 is 10.5 Å². The first-order valence-corrected chi connectivity index (χ1v) is 8.65. The number of nitrogens with two attached hydrogens (primary N) is 1. The van der Waals surface area contributed by atoms with Gasteiger partial charge in [-0.2, -0.15) is 0 Å². The number of nitrogens with zero attached hydrogens (tertiary/aromatic N) is 1. The lowest BCUT2D eigenvalue weighted by molar-refractivity contribution is 0.253. The molecule has 0 atom stereocenters. The van der Waals surface area contributed by atoms with E-state index in [9.17, 15) is 0 Å². The fraction of sp³-hybridized carbons (Fsp3) is 0.429. The SMILES string of the molecule is COc1cccc(CN(CCCN)Cc2c(C)cc(C)cc2C)c1. The van der Waals surface area contributed by atoms with Crippen LogP contribution in [0, 0.1) is 20.8 Å². The number of ether oxygens (including phenoxy) is 1. The topological polar surface area (TPSA) is 38.5 Å². The third-order valence-corrected chi connectivity index (χ3v) is 4.44. The Morgan fingerprint density at radius 1 is 1.00 bits per heavy atom. The van der Waals surface area contributed by atoms with E-state index in [2.05, 4.69) is 56.0 Å². The standard InChI is InChI=1S/C21H30N2O/c1-16-11-17(2)21(18(3)12-16)15-23(10-6-9-22)14-19-7-5-8-20(13-19)24-4/h5,7-8,11-13H,6,9-10,14-15,22H2,1-4H3. The minimum Gasteiger partial charge on any atom is -0.497 e. The van der Waals surface area contributed by atoms with Crippen molar-refractivity contribution in [1.29, 1.82) is 0 Å². The molecule has 24 heavy (non-hydrogen) atoms. The first-order chi connectivity index (χ1) is 11.5. The molecule has 3 nitrogen and oxygen atoms in total. The summed E-state index contributed by atoms with van der Waals surface area (Å²) >= 11 is 0. The Morgan fingerprint density at radius 3 is 2.33 bits per heavy atom.